The highest BCUT2D eigenvalue weighted by Crippen LogP contribution is 2.46. The van der Waals surface area contributed by atoms with Gasteiger partial charge in [0, 0.05) is 24.0 Å². The third-order valence-corrected chi connectivity index (χ3v) is 4.44. The molecule has 1 saturated heterocycles. The summed E-state index contributed by atoms with van der Waals surface area (Å²) in [5.41, 5.74) is 0.436. The van der Waals surface area contributed by atoms with E-state index in [1.54, 1.807) is 6.26 Å². The van der Waals surface area contributed by atoms with Gasteiger partial charge in [-0.15, -0.1) is 24.0 Å². The molecule has 1 fully saturated rings. The minimum Gasteiger partial charge on any atom is -0.467 e. The van der Waals surface area contributed by atoms with Gasteiger partial charge in [-0.25, -0.2) is 4.99 Å². The fraction of sp³-hybridized carbons (Fsp3) is 0.667. The van der Waals surface area contributed by atoms with Crippen LogP contribution in [0.15, 0.2) is 27.8 Å². The number of rotatable bonds is 3. The Morgan fingerprint density at radius 1 is 1.40 bits per heavy atom. The lowest BCUT2D eigenvalue weighted by atomic mass is 9.65. The van der Waals surface area contributed by atoms with E-state index in [0.717, 1.165) is 24.8 Å². The van der Waals surface area contributed by atoms with Crippen molar-refractivity contribution in [3.8, 4) is 0 Å². The standard InChI is InChI=1S/C15H25N3O.HI/c1-6-16-13(17-10-12-8-7-9-19-12)18-11-14(2,3)15(18,4)5;/h7-9H,6,10-11H2,1-5H3,(H,16,17);1H. The summed E-state index contributed by atoms with van der Waals surface area (Å²) in [5, 5.41) is 3.37. The monoisotopic (exact) mass is 391 g/mol. The van der Waals surface area contributed by atoms with E-state index in [2.05, 4.69) is 49.8 Å². The van der Waals surface area contributed by atoms with Gasteiger partial charge in [0.15, 0.2) is 5.96 Å². The van der Waals surface area contributed by atoms with Crippen LogP contribution in [-0.4, -0.2) is 29.5 Å². The Balaban J connectivity index is 0.00000200. The van der Waals surface area contributed by atoms with Crippen LogP contribution in [0.4, 0.5) is 0 Å². The predicted octanol–water partition coefficient (Wildman–Crippen LogP) is 3.48. The minimum atomic E-state index is 0. The molecule has 0 aliphatic carbocycles. The van der Waals surface area contributed by atoms with Crippen molar-refractivity contribution in [1.82, 2.24) is 10.2 Å². The molecular formula is C15H26IN3O. The Bertz CT molecular complexity index is 452. The van der Waals surface area contributed by atoms with Crippen molar-refractivity contribution in [2.75, 3.05) is 13.1 Å². The summed E-state index contributed by atoms with van der Waals surface area (Å²) in [6.07, 6.45) is 1.69. The van der Waals surface area contributed by atoms with Crippen molar-refractivity contribution in [2.45, 2.75) is 46.7 Å². The molecular weight excluding hydrogens is 365 g/mol. The Labute approximate surface area is 139 Å². The second kappa shape index (κ2) is 6.37. The fourth-order valence-corrected chi connectivity index (χ4v) is 2.35. The number of furan rings is 1. The van der Waals surface area contributed by atoms with Gasteiger partial charge < -0.3 is 14.6 Å². The van der Waals surface area contributed by atoms with Crippen LogP contribution >= 0.6 is 24.0 Å². The maximum Gasteiger partial charge on any atom is 0.194 e. The third kappa shape index (κ3) is 3.13. The molecule has 0 atom stereocenters. The average molecular weight is 391 g/mol. The minimum absolute atomic E-state index is 0. The largest absolute Gasteiger partial charge is 0.467 e. The van der Waals surface area contributed by atoms with Gasteiger partial charge in [0.2, 0.25) is 0 Å². The molecule has 0 aromatic carbocycles. The predicted molar refractivity (Wildman–Crippen MR) is 93.5 cm³/mol. The van der Waals surface area contributed by atoms with Gasteiger partial charge in [-0.05, 0) is 32.9 Å². The van der Waals surface area contributed by atoms with Gasteiger partial charge in [-0.3, -0.25) is 0 Å². The van der Waals surface area contributed by atoms with Crippen LogP contribution in [0.25, 0.3) is 0 Å². The van der Waals surface area contributed by atoms with E-state index in [1.807, 2.05) is 12.1 Å². The third-order valence-electron chi connectivity index (χ3n) is 4.44. The number of nitrogens with one attached hydrogen (secondary N) is 1. The molecule has 0 amide bonds. The highest BCUT2D eigenvalue weighted by molar-refractivity contribution is 14.0. The van der Waals surface area contributed by atoms with E-state index in [0.29, 0.717) is 12.0 Å². The molecule has 0 spiro atoms. The summed E-state index contributed by atoms with van der Waals surface area (Å²) in [6, 6.07) is 3.85. The summed E-state index contributed by atoms with van der Waals surface area (Å²) < 4.78 is 5.33. The van der Waals surface area contributed by atoms with E-state index < -0.39 is 0 Å². The van der Waals surface area contributed by atoms with Gasteiger partial charge in [0.25, 0.3) is 0 Å². The molecule has 1 aliphatic heterocycles. The quantitative estimate of drug-likeness (QED) is 0.487. The zero-order valence-electron chi connectivity index (χ0n) is 13.1. The second-order valence-electron chi connectivity index (χ2n) is 6.28. The maximum atomic E-state index is 5.33. The molecule has 1 aliphatic rings. The van der Waals surface area contributed by atoms with Crippen LogP contribution in [0, 0.1) is 5.41 Å². The van der Waals surface area contributed by atoms with Crippen LogP contribution in [-0.2, 0) is 6.54 Å². The van der Waals surface area contributed by atoms with Crippen molar-refractivity contribution in [1.29, 1.82) is 0 Å². The van der Waals surface area contributed by atoms with Gasteiger partial charge in [0.05, 0.1) is 6.26 Å². The second-order valence-corrected chi connectivity index (χ2v) is 6.28. The van der Waals surface area contributed by atoms with Crippen LogP contribution in [0.2, 0.25) is 0 Å². The lowest BCUT2D eigenvalue weighted by molar-refractivity contribution is -0.0668. The first-order valence-corrected chi connectivity index (χ1v) is 6.97. The number of nitrogens with zero attached hydrogens (tertiary/aromatic N) is 2. The van der Waals surface area contributed by atoms with Gasteiger partial charge in [-0.1, -0.05) is 13.8 Å². The number of hydrogen-bond acceptors (Lipinski definition) is 2. The first-order chi connectivity index (χ1) is 8.88. The molecule has 1 aromatic heterocycles. The molecule has 0 saturated carbocycles. The zero-order chi connectivity index (χ0) is 14.1. The van der Waals surface area contributed by atoms with E-state index in [9.17, 15) is 0 Å². The normalized spacial score (nSPS) is 20.1. The van der Waals surface area contributed by atoms with Crippen molar-refractivity contribution < 1.29 is 4.42 Å². The SMILES string of the molecule is CCNC(=NCc1ccco1)N1CC(C)(C)C1(C)C.I. The van der Waals surface area contributed by atoms with Crippen molar-refractivity contribution in [3.63, 3.8) is 0 Å². The number of guanidine groups is 1. The molecule has 2 rings (SSSR count). The smallest absolute Gasteiger partial charge is 0.194 e. The van der Waals surface area contributed by atoms with Crippen LogP contribution in [0.5, 0.6) is 0 Å². The van der Waals surface area contributed by atoms with E-state index >= 15 is 0 Å². The summed E-state index contributed by atoms with van der Waals surface area (Å²) >= 11 is 0. The highest BCUT2D eigenvalue weighted by Gasteiger charge is 2.53. The molecule has 4 nitrogen and oxygen atoms in total. The molecule has 1 N–H and O–H groups in total. The van der Waals surface area contributed by atoms with Gasteiger partial charge in [0.1, 0.15) is 12.3 Å². The Hall–Kier alpha value is -0.720. The van der Waals surface area contributed by atoms with Crippen LogP contribution in [0.1, 0.15) is 40.4 Å². The van der Waals surface area contributed by atoms with Crippen molar-refractivity contribution >= 4 is 29.9 Å². The molecule has 114 valence electrons. The molecule has 0 bridgehead atoms. The molecule has 20 heavy (non-hydrogen) atoms. The summed E-state index contributed by atoms with van der Waals surface area (Å²) in [7, 11) is 0. The highest BCUT2D eigenvalue weighted by atomic mass is 127. The van der Waals surface area contributed by atoms with Crippen LogP contribution in [0.3, 0.4) is 0 Å². The first-order valence-electron chi connectivity index (χ1n) is 6.97. The average Bonchev–Trinajstić information content (AvgIpc) is 2.85. The van der Waals surface area contributed by atoms with Gasteiger partial charge >= 0.3 is 0 Å². The molecule has 1 aromatic rings. The Morgan fingerprint density at radius 3 is 2.55 bits per heavy atom. The van der Waals surface area contributed by atoms with E-state index in [4.69, 9.17) is 4.42 Å². The lowest BCUT2D eigenvalue weighted by Gasteiger charge is -2.62. The summed E-state index contributed by atoms with van der Waals surface area (Å²) in [5.74, 6) is 1.87. The van der Waals surface area contributed by atoms with E-state index in [-0.39, 0.29) is 29.5 Å². The zero-order valence-corrected chi connectivity index (χ0v) is 15.4. The molecule has 2 heterocycles. The number of halogens is 1. The lowest BCUT2D eigenvalue weighted by Crippen LogP contribution is -2.72. The number of hydrogen-bond donors (Lipinski definition) is 1. The van der Waals surface area contributed by atoms with Crippen molar-refractivity contribution in [3.05, 3.63) is 24.2 Å². The Morgan fingerprint density at radius 2 is 2.10 bits per heavy atom. The molecule has 0 unspecified atom stereocenters. The van der Waals surface area contributed by atoms with E-state index in [1.165, 1.54) is 0 Å². The summed E-state index contributed by atoms with van der Waals surface area (Å²) in [4.78, 5) is 7.02. The maximum absolute atomic E-state index is 5.33. The van der Waals surface area contributed by atoms with Crippen molar-refractivity contribution in [2.24, 2.45) is 10.4 Å². The number of likely N-dealkylation sites (tertiary alicyclic amines) is 1. The summed E-state index contributed by atoms with van der Waals surface area (Å²) in [6.45, 7) is 13.8. The van der Waals surface area contributed by atoms with Gasteiger partial charge in [-0.2, -0.15) is 0 Å². The first kappa shape index (κ1) is 17.3. The number of aliphatic imine (C=N–C) groups is 1. The fourth-order valence-electron chi connectivity index (χ4n) is 2.35. The topological polar surface area (TPSA) is 40.8 Å². The van der Waals surface area contributed by atoms with Crippen LogP contribution < -0.4 is 5.32 Å². The Kier molecular flexibility index (Phi) is 5.52. The molecule has 0 radical (unpaired) electrons. The molecule has 5 heteroatoms.